The molecular weight excluding hydrogens is 415 g/mol. The number of nitrogens with one attached hydrogen (secondary N) is 1. The summed E-state index contributed by atoms with van der Waals surface area (Å²) < 4.78 is 40.0. The van der Waals surface area contributed by atoms with Crippen molar-refractivity contribution < 1.29 is 22.8 Å². The second-order valence-electron chi connectivity index (χ2n) is 8.28. The summed E-state index contributed by atoms with van der Waals surface area (Å²) in [5.74, 6) is -3.63. The zero-order valence-electron chi connectivity index (χ0n) is 16.4. The molecule has 2 aromatic carbocycles. The van der Waals surface area contributed by atoms with Gasteiger partial charge in [-0.15, -0.1) is 0 Å². The van der Waals surface area contributed by atoms with Gasteiger partial charge in [0.05, 0.1) is 5.92 Å². The molecule has 1 amide bonds. The van der Waals surface area contributed by atoms with Gasteiger partial charge in [-0.2, -0.15) is 13.2 Å². The van der Waals surface area contributed by atoms with Gasteiger partial charge in [-0.05, 0) is 66.6 Å². The number of carbonyl (C=O) groups excluding carboxylic acids is 2. The highest BCUT2D eigenvalue weighted by Crippen LogP contribution is 2.46. The number of ketones is 1. The molecule has 1 saturated carbocycles. The number of halogens is 4. The van der Waals surface area contributed by atoms with Crippen LogP contribution in [0, 0.1) is 12.8 Å². The van der Waals surface area contributed by atoms with Crippen LogP contribution in [0.3, 0.4) is 0 Å². The highest BCUT2D eigenvalue weighted by Gasteiger charge is 2.58. The summed E-state index contributed by atoms with van der Waals surface area (Å²) in [6.45, 7) is 1.80. The van der Waals surface area contributed by atoms with E-state index in [2.05, 4.69) is 5.32 Å². The summed E-state index contributed by atoms with van der Waals surface area (Å²) in [6.07, 6.45) is -4.26. The molecule has 1 aliphatic carbocycles. The summed E-state index contributed by atoms with van der Waals surface area (Å²) in [4.78, 5) is 26.2. The van der Waals surface area contributed by atoms with Crippen molar-refractivity contribution in [1.29, 1.82) is 0 Å². The van der Waals surface area contributed by atoms with E-state index in [1.54, 1.807) is 25.1 Å². The quantitative estimate of drug-likeness (QED) is 0.625. The minimum Gasteiger partial charge on any atom is -0.343 e. The van der Waals surface area contributed by atoms with Crippen molar-refractivity contribution in [3.05, 3.63) is 58.6 Å². The molecule has 1 unspecified atom stereocenters. The summed E-state index contributed by atoms with van der Waals surface area (Å²) in [6, 6.07) is 12.7. The predicted molar refractivity (Wildman–Crippen MR) is 108 cm³/mol. The fourth-order valence-electron chi connectivity index (χ4n) is 4.71. The van der Waals surface area contributed by atoms with Crippen molar-refractivity contribution in [2.24, 2.45) is 5.92 Å². The fraction of sp³-hybridized carbons (Fsp3) is 0.391. The van der Waals surface area contributed by atoms with E-state index >= 15 is 0 Å². The summed E-state index contributed by atoms with van der Waals surface area (Å²) in [5, 5.41) is 3.25. The molecule has 2 fully saturated rings. The highest BCUT2D eigenvalue weighted by molar-refractivity contribution is 6.30. The average Bonchev–Trinajstić information content (AvgIpc) is 2.92. The first kappa shape index (κ1) is 20.9. The molecule has 0 bridgehead atoms. The van der Waals surface area contributed by atoms with Gasteiger partial charge in [0.2, 0.25) is 5.91 Å². The molecule has 3 nitrogen and oxygen atoms in total. The molecule has 3 atom stereocenters. The topological polar surface area (TPSA) is 46.2 Å². The minimum absolute atomic E-state index is 0.00977. The molecule has 4 rings (SSSR count). The number of rotatable bonds is 2. The Hall–Kier alpha value is -2.34. The number of amides is 1. The van der Waals surface area contributed by atoms with Gasteiger partial charge in [0.1, 0.15) is 11.5 Å². The Morgan fingerprint density at radius 1 is 1.07 bits per heavy atom. The first-order valence-electron chi connectivity index (χ1n) is 9.90. The van der Waals surface area contributed by atoms with Crippen molar-refractivity contribution >= 4 is 23.3 Å². The number of Topliss-reactive ketones (excluding diaryl/α,β-unsaturated/α-hetero) is 1. The molecule has 2 aliphatic rings. The van der Waals surface area contributed by atoms with Gasteiger partial charge in [0.25, 0.3) is 0 Å². The molecule has 2 aromatic rings. The van der Waals surface area contributed by atoms with Crippen LogP contribution >= 0.6 is 11.6 Å². The van der Waals surface area contributed by atoms with Crippen LogP contribution < -0.4 is 5.32 Å². The molecule has 1 heterocycles. The van der Waals surface area contributed by atoms with E-state index in [1.165, 1.54) is 0 Å². The van der Waals surface area contributed by atoms with Gasteiger partial charge in [-0.3, -0.25) is 9.59 Å². The lowest BCUT2D eigenvalue weighted by Gasteiger charge is -2.37. The second kappa shape index (κ2) is 7.41. The number of alkyl halides is 3. The Morgan fingerprint density at radius 2 is 1.73 bits per heavy atom. The first-order valence-corrected chi connectivity index (χ1v) is 10.3. The number of carbonyl (C=O) groups is 2. The maximum Gasteiger partial charge on any atom is 0.391 e. The van der Waals surface area contributed by atoms with E-state index in [4.69, 9.17) is 11.6 Å². The van der Waals surface area contributed by atoms with E-state index in [1.807, 2.05) is 24.3 Å². The molecule has 1 aliphatic heterocycles. The first-order chi connectivity index (χ1) is 14.1. The number of hydrogen-bond donors (Lipinski definition) is 1. The zero-order chi connectivity index (χ0) is 21.7. The monoisotopic (exact) mass is 435 g/mol. The number of hydrogen-bond acceptors (Lipinski definition) is 2. The van der Waals surface area contributed by atoms with Gasteiger partial charge in [-0.1, -0.05) is 42.3 Å². The van der Waals surface area contributed by atoms with Crippen LogP contribution in [0.2, 0.25) is 5.02 Å². The molecule has 0 aromatic heterocycles. The summed E-state index contributed by atoms with van der Waals surface area (Å²) in [5.41, 5.74) is 1.54. The van der Waals surface area contributed by atoms with Crippen LogP contribution in [0.5, 0.6) is 0 Å². The van der Waals surface area contributed by atoms with Gasteiger partial charge in [0.15, 0.2) is 5.78 Å². The van der Waals surface area contributed by atoms with Crippen LogP contribution in [-0.4, -0.2) is 23.4 Å². The van der Waals surface area contributed by atoms with Crippen LogP contribution in [0.15, 0.2) is 42.5 Å². The molecule has 158 valence electrons. The molecule has 1 N–H and O–H groups in total. The predicted octanol–water partition coefficient (Wildman–Crippen LogP) is 5.59. The fourth-order valence-corrected chi connectivity index (χ4v) is 4.84. The lowest BCUT2D eigenvalue weighted by atomic mass is 9.72. The van der Waals surface area contributed by atoms with E-state index in [0.29, 0.717) is 10.6 Å². The van der Waals surface area contributed by atoms with Crippen molar-refractivity contribution in [1.82, 2.24) is 5.32 Å². The maximum atomic E-state index is 13.3. The highest BCUT2D eigenvalue weighted by atomic mass is 35.5. The van der Waals surface area contributed by atoms with Crippen molar-refractivity contribution in [2.75, 3.05) is 0 Å². The van der Waals surface area contributed by atoms with E-state index in [0.717, 1.165) is 16.7 Å². The number of benzene rings is 2. The van der Waals surface area contributed by atoms with Crippen molar-refractivity contribution in [3.63, 3.8) is 0 Å². The van der Waals surface area contributed by atoms with E-state index in [9.17, 15) is 22.8 Å². The lowest BCUT2D eigenvalue weighted by Crippen LogP contribution is -2.52. The second-order valence-corrected chi connectivity index (χ2v) is 8.72. The van der Waals surface area contributed by atoms with Gasteiger partial charge in [-0.25, -0.2) is 0 Å². The Labute approximate surface area is 177 Å². The van der Waals surface area contributed by atoms with Crippen LogP contribution in [0.4, 0.5) is 13.2 Å². The molecular formula is C23H21ClF3NO2. The van der Waals surface area contributed by atoms with Gasteiger partial charge in [0, 0.05) is 5.02 Å². The Morgan fingerprint density at radius 3 is 2.40 bits per heavy atom. The molecule has 1 saturated heterocycles. The molecule has 7 heteroatoms. The zero-order valence-corrected chi connectivity index (χ0v) is 17.1. The summed E-state index contributed by atoms with van der Waals surface area (Å²) >= 11 is 5.95. The van der Waals surface area contributed by atoms with Crippen LogP contribution in [-0.2, 0) is 9.59 Å². The standard InChI is InChI=1S/C23H21ClF3NO2/c1-13-4-5-15(14-6-8-17(24)9-7-14)11-18(13)19-20(29)22(28-21(19)30)10-2-3-16(12-22)23(25,26)27/h4-9,11,16,19H,2-3,10,12H2,1H3,(H,28,30)/t16-,19?,22-/m0/s1. The SMILES string of the molecule is Cc1ccc(-c2ccc(Cl)cc2)cc1C1C(=O)N[C@]2(CCC[C@H](C(F)(F)F)C2)C1=O. The van der Waals surface area contributed by atoms with Crippen LogP contribution in [0.25, 0.3) is 11.1 Å². The van der Waals surface area contributed by atoms with Crippen molar-refractivity contribution in [3.8, 4) is 11.1 Å². The Balaban J connectivity index is 1.69. The third-order valence-electron chi connectivity index (χ3n) is 6.34. The summed E-state index contributed by atoms with van der Waals surface area (Å²) in [7, 11) is 0. The average molecular weight is 436 g/mol. The van der Waals surface area contributed by atoms with E-state index in [-0.39, 0.29) is 25.7 Å². The van der Waals surface area contributed by atoms with Gasteiger partial charge >= 0.3 is 6.18 Å². The largest absolute Gasteiger partial charge is 0.391 e. The van der Waals surface area contributed by atoms with Gasteiger partial charge < -0.3 is 5.32 Å². The smallest absolute Gasteiger partial charge is 0.343 e. The Bertz CT molecular complexity index is 1000. The third-order valence-corrected chi connectivity index (χ3v) is 6.59. The lowest BCUT2D eigenvalue weighted by molar-refractivity contribution is -0.188. The van der Waals surface area contributed by atoms with E-state index < -0.39 is 35.2 Å². The van der Waals surface area contributed by atoms with Crippen molar-refractivity contribution in [2.45, 2.75) is 50.2 Å². The molecule has 30 heavy (non-hydrogen) atoms. The van der Waals surface area contributed by atoms with Crippen LogP contribution in [0.1, 0.15) is 42.7 Å². The normalized spacial score (nSPS) is 26.8. The Kier molecular flexibility index (Phi) is 5.17. The molecule has 0 radical (unpaired) electrons. The maximum absolute atomic E-state index is 13.3. The third kappa shape index (κ3) is 3.62. The number of aryl methyl sites for hydroxylation is 1. The molecule has 1 spiro atoms. The minimum atomic E-state index is -4.37.